The van der Waals surface area contributed by atoms with Gasteiger partial charge in [0.25, 0.3) is 0 Å². The zero-order valence-electron chi connectivity index (χ0n) is 24.5. The summed E-state index contributed by atoms with van der Waals surface area (Å²) in [4.78, 5) is 33.9. The number of hydrogen-bond acceptors (Lipinski definition) is 9. The van der Waals surface area contributed by atoms with Crippen molar-refractivity contribution in [3.05, 3.63) is 40.9 Å². The lowest BCUT2D eigenvalue weighted by Crippen LogP contribution is -2.53. The molecule has 6 atom stereocenters. The Kier molecular flexibility index (Phi) is 9.39. The highest BCUT2D eigenvalue weighted by Gasteiger charge is 2.54. The van der Waals surface area contributed by atoms with Crippen LogP contribution in [0.5, 0.6) is 0 Å². The summed E-state index contributed by atoms with van der Waals surface area (Å²) in [5, 5.41) is 17.9. The molecule has 1 aliphatic heterocycles. The second-order valence-electron chi connectivity index (χ2n) is 12.3. The number of aliphatic hydroxyl groups is 1. The molecule has 2 amide bonds. The Morgan fingerprint density at radius 3 is 2.67 bits per heavy atom. The molecule has 2 heterocycles. The van der Waals surface area contributed by atoms with Crippen molar-refractivity contribution in [3.8, 4) is 0 Å². The summed E-state index contributed by atoms with van der Waals surface area (Å²) in [6, 6.07) is 7.92. The number of nitrogens with one attached hydrogen (secondary N) is 2. The molecule has 2 aromatic rings. The molecule has 230 valence electrons. The number of ether oxygens (including phenoxy) is 1. The van der Waals surface area contributed by atoms with E-state index in [0.29, 0.717) is 11.7 Å². The average molecular weight is 619 g/mol. The fraction of sp³-hybridized carbons (Fsp3) is 0.633. The molecule has 5 rings (SSSR count). The number of hydrogen-bond donors (Lipinski definition) is 3. The summed E-state index contributed by atoms with van der Waals surface area (Å²) >= 11 is 1.38. The van der Waals surface area contributed by atoms with Crippen LogP contribution in [0.25, 0.3) is 0 Å². The molecule has 42 heavy (non-hydrogen) atoms. The lowest BCUT2D eigenvalue weighted by atomic mass is 9.53. The van der Waals surface area contributed by atoms with E-state index in [0.717, 1.165) is 62.7 Å². The van der Waals surface area contributed by atoms with Gasteiger partial charge in [0.15, 0.2) is 15.0 Å². The van der Waals surface area contributed by atoms with E-state index in [4.69, 9.17) is 9.72 Å². The molecule has 0 radical (unpaired) electrons. The topological polar surface area (TPSA) is 138 Å². The Labute approximate surface area is 252 Å². The van der Waals surface area contributed by atoms with Gasteiger partial charge in [-0.2, -0.15) is 0 Å². The molecule has 0 bridgehead atoms. The molecular formula is C30H42N4O6S2. The summed E-state index contributed by atoms with van der Waals surface area (Å²) in [7, 11) is -3.77. The second-order valence-corrected chi connectivity index (χ2v) is 15.4. The molecule has 0 spiro atoms. The number of morpholine rings is 1. The van der Waals surface area contributed by atoms with Crippen LogP contribution < -0.4 is 10.6 Å². The van der Waals surface area contributed by atoms with Crippen LogP contribution in [-0.2, 0) is 30.6 Å². The van der Waals surface area contributed by atoms with Crippen LogP contribution in [0, 0.1) is 23.2 Å². The molecule has 12 heteroatoms. The molecule has 1 aromatic heterocycles. The zero-order chi connectivity index (χ0) is 30.1. The molecule has 1 aromatic carbocycles. The Morgan fingerprint density at radius 2 is 1.95 bits per heavy atom. The first kappa shape index (κ1) is 31.1. The largest absolute Gasteiger partial charge is 0.392 e. The minimum Gasteiger partial charge on any atom is -0.392 e. The van der Waals surface area contributed by atoms with E-state index in [1.165, 1.54) is 23.5 Å². The number of aromatic nitrogens is 1. The number of carbonyl (C=O) groups excluding carboxylic acids is 2. The molecule has 2 aliphatic carbocycles. The van der Waals surface area contributed by atoms with E-state index in [1.807, 2.05) is 6.92 Å². The number of nitrogens with zero attached hydrogens (tertiary/aromatic N) is 2. The van der Waals surface area contributed by atoms with Crippen LogP contribution in [0.15, 0.2) is 35.2 Å². The summed E-state index contributed by atoms with van der Waals surface area (Å²) in [6.07, 6.45) is 1.69. The van der Waals surface area contributed by atoms with Gasteiger partial charge >= 0.3 is 0 Å². The maximum Gasteiger partial charge on any atom is 0.241 e. The molecule has 3 N–H and O–H groups in total. The van der Waals surface area contributed by atoms with Crippen molar-refractivity contribution in [3.63, 3.8) is 0 Å². The van der Waals surface area contributed by atoms with E-state index in [9.17, 15) is 23.1 Å². The van der Waals surface area contributed by atoms with E-state index in [-0.39, 0.29) is 39.9 Å². The summed E-state index contributed by atoms with van der Waals surface area (Å²) in [5.41, 5.74) is 0.672. The smallest absolute Gasteiger partial charge is 0.241 e. The van der Waals surface area contributed by atoms with Gasteiger partial charge in [-0.15, -0.1) is 11.3 Å². The van der Waals surface area contributed by atoms with E-state index in [2.05, 4.69) is 29.4 Å². The highest BCUT2D eigenvalue weighted by Crippen LogP contribution is 2.57. The second kappa shape index (κ2) is 12.7. The number of fused-ring (bicyclic) bond motifs is 2. The predicted molar refractivity (Wildman–Crippen MR) is 161 cm³/mol. The van der Waals surface area contributed by atoms with Crippen molar-refractivity contribution in [2.45, 2.75) is 57.0 Å². The Morgan fingerprint density at radius 1 is 1.24 bits per heavy atom. The van der Waals surface area contributed by atoms with Crippen molar-refractivity contribution in [1.82, 2.24) is 15.2 Å². The van der Waals surface area contributed by atoms with Gasteiger partial charge in [-0.25, -0.2) is 13.4 Å². The van der Waals surface area contributed by atoms with Crippen molar-refractivity contribution in [2.24, 2.45) is 23.2 Å². The standard InChI is InChI=1S/C30H42N4O6S2/c1-19(28(37)31-11-12-34-13-15-40-16-14-34)22-9-10-30(3)17-23-26(20(2)25(30)27(22)36)33-29(41-23)32-24(35)18-42(38,39)21-7-5-4-6-8-21/h4-8,19-20,22,25,27,36H,9-18H2,1-3H3,(H,31,37)(H,32,33,35). The number of anilines is 1. The summed E-state index contributed by atoms with van der Waals surface area (Å²) in [5.74, 6) is -1.96. The highest BCUT2D eigenvalue weighted by molar-refractivity contribution is 7.92. The predicted octanol–water partition coefficient (Wildman–Crippen LogP) is 2.69. The quantitative estimate of drug-likeness (QED) is 0.390. The van der Waals surface area contributed by atoms with Gasteiger partial charge in [0, 0.05) is 42.9 Å². The number of rotatable bonds is 9. The van der Waals surface area contributed by atoms with Gasteiger partial charge in [-0.05, 0) is 48.6 Å². The van der Waals surface area contributed by atoms with Gasteiger partial charge in [-0.1, -0.05) is 39.0 Å². The van der Waals surface area contributed by atoms with Gasteiger partial charge < -0.3 is 20.5 Å². The third-order valence-corrected chi connectivity index (χ3v) is 12.1. The lowest BCUT2D eigenvalue weighted by molar-refractivity contribution is -0.134. The van der Waals surface area contributed by atoms with Crippen LogP contribution >= 0.6 is 11.3 Å². The number of thiazole rings is 1. The van der Waals surface area contributed by atoms with Crippen LogP contribution in [-0.4, -0.2) is 86.5 Å². The van der Waals surface area contributed by atoms with Gasteiger partial charge in [0.1, 0.15) is 5.75 Å². The normalized spacial score (nSPS) is 28.8. The Bertz CT molecular complexity index is 1380. The number of carbonyl (C=O) groups is 2. The molecule has 6 unspecified atom stereocenters. The summed E-state index contributed by atoms with van der Waals surface area (Å²) in [6.45, 7) is 10.7. The SMILES string of the molecule is CC(C(=O)NCCN1CCOCC1)C1CCC2(C)Cc3sc(NC(=O)CS(=O)(=O)c4ccccc4)nc3C(C)C2C1O. The first-order valence-electron chi connectivity index (χ1n) is 14.8. The molecular weight excluding hydrogens is 576 g/mol. The van der Waals surface area contributed by atoms with Gasteiger partial charge in [0.2, 0.25) is 11.8 Å². The van der Waals surface area contributed by atoms with Crippen molar-refractivity contribution < 1.29 is 27.9 Å². The van der Waals surface area contributed by atoms with E-state index >= 15 is 0 Å². The molecule has 1 saturated carbocycles. The number of sulfone groups is 1. The fourth-order valence-electron chi connectivity index (χ4n) is 7.16. The molecule has 1 saturated heterocycles. The van der Waals surface area contributed by atoms with Gasteiger partial charge in [0.05, 0.1) is 29.9 Å². The van der Waals surface area contributed by atoms with Crippen LogP contribution in [0.3, 0.4) is 0 Å². The van der Waals surface area contributed by atoms with Crippen LogP contribution in [0.2, 0.25) is 0 Å². The van der Waals surface area contributed by atoms with Crippen molar-refractivity contribution in [1.29, 1.82) is 0 Å². The molecule has 2 fully saturated rings. The van der Waals surface area contributed by atoms with E-state index < -0.39 is 27.6 Å². The lowest BCUT2D eigenvalue weighted by Gasteiger charge is -2.53. The van der Waals surface area contributed by atoms with Gasteiger partial charge in [-0.3, -0.25) is 14.5 Å². The number of benzene rings is 1. The van der Waals surface area contributed by atoms with Crippen LogP contribution in [0.1, 0.15) is 50.1 Å². The Hall–Kier alpha value is -2.38. The monoisotopic (exact) mass is 618 g/mol. The zero-order valence-corrected chi connectivity index (χ0v) is 26.2. The average Bonchev–Trinajstić information content (AvgIpc) is 3.35. The highest BCUT2D eigenvalue weighted by atomic mass is 32.2. The third-order valence-electron chi connectivity index (χ3n) is 9.48. The third kappa shape index (κ3) is 6.57. The number of amides is 2. The van der Waals surface area contributed by atoms with Crippen LogP contribution in [0.4, 0.5) is 5.13 Å². The van der Waals surface area contributed by atoms with E-state index in [1.54, 1.807) is 18.2 Å². The maximum atomic E-state index is 13.1. The molecule has 10 nitrogen and oxygen atoms in total. The van der Waals surface area contributed by atoms with Crippen molar-refractivity contribution >= 4 is 38.1 Å². The first-order valence-corrected chi connectivity index (χ1v) is 17.3. The minimum absolute atomic E-state index is 0.0239. The maximum absolute atomic E-state index is 13.1. The Balaban J connectivity index is 1.22. The van der Waals surface area contributed by atoms with Crippen molar-refractivity contribution in [2.75, 3.05) is 50.5 Å². The molecule has 3 aliphatic rings. The summed E-state index contributed by atoms with van der Waals surface area (Å²) < 4.78 is 30.7. The first-order chi connectivity index (χ1) is 20.0. The minimum atomic E-state index is -3.77. The fourth-order valence-corrected chi connectivity index (χ4v) is 9.59. The number of aliphatic hydroxyl groups excluding tert-OH is 1.